The normalized spacial score (nSPS) is 13.5. The number of amides is 2. The summed E-state index contributed by atoms with van der Waals surface area (Å²) in [4.78, 5) is 30.5. The zero-order valence-electron chi connectivity index (χ0n) is 14.0. The van der Waals surface area contributed by atoms with Crippen molar-refractivity contribution in [2.45, 2.75) is 0 Å². The lowest BCUT2D eigenvalue weighted by Gasteiger charge is -2.37. The maximum Gasteiger partial charge on any atom is 0.261 e. The summed E-state index contributed by atoms with van der Waals surface area (Å²) in [5.41, 5.74) is 1.83. The molecular weight excluding hydrogens is 361 g/mol. The van der Waals surface area contributed by atoms with Gasteiger partial charge in [0.1, 0.15) is 6.67 Å². The van der Waals surface area contributed by atoms with Crippen LogP contribution in [0.2, 0.25) is 5.02 Å². The van der Waals surface area contributed by atoms with Gasteiger partial charge in [0.15, 0.2) is 0 Å². The SMILES string of the molecule is CN(C)CC(=O)N1CN(c2cccc(Cl)c2)C(=O)c2ccccc21.Cl. The Morgan fingerprint density at radius 2 is 1.88 bits per heavy atom. The van der Waals surface area contributed by atoms with Gasteiger partial charge in [-0.1, -0.05) is 29.8 Å². The predicted octanol–water partition coefficient (Wildman–Crippen LogP) is 3.27. The summed E-state index contributed by atoms with van der Waals surface area (Å²) in [6, 6.07) is 14.2. The second-order valence-corrected chi connectivity index (χ2v) is 6.37. The molecule has 132 valence electrons. The number of fused-ring (bicyclic) bond motifs is 1. The molecule has 0 aliphatic carbocycles. The van der Waals surface area contributed by atoms with Gasteiger partial charge in [-0.05, 0) is 44.4 Å². The molecule has 0 saturated carbocycles. The molecule has 0 fully saturated rings. The first-order chi connectivity index (χ1) is 11.5. The number of nitrogens with zero attached hydrogens (tertiary/aromatic N) is 3. The van der Waals surface area contributed by atoms with Crippen LogP contribution in [0.4, 0.5) is 11.4 Å². The Hall–Kier alpha value is -2.08. The van der Waals surface area contributed by atoms with Crippen LogP contribution in [0.1, 0.15) is 10.4 Å². The summed E-state index contributed by atoms with van der Waals surface area (Å²) in [5.74, 6) is -0.200. The summed E-state index contributed by atoms with van der Waals surface area (Å²) in [6.45, 7) is 0.439. The van der Waals surface area contributed by atoms with E-state index in [4.69, 9.17) is 11.6 Å². The third-order valence-electron chi connectivity index (χ3n) is 3.83. The van der Waals surface area contributed by atoms with E-state index in [1.54, 1.807) is 46.2 Å². The number of hydrogen-bond acceptors (Lipinski definition) is 3. The molecule has 1 aliphatic rings. The van der Waals surface area contributed by atoms with Crippen LogP contribution < -0.4 is 9.80 Å². The Bertz CT molecular complexity index is 795. The van der Waals surface area contributed by atoms with Crippen LogP contribution in [0.25, 0.3) is 0 Å². The lowest BCUT2D eigenvalue weighted by Crippen LogP contribution is -2.51. The van der Waals surface area contributed by atoms with Crippen LogP contribution in [-0.2, 0) is 4.79 Å². The van der Waals surface area contributed by atoms with Crippen molar-refractivity contribution in [2.24, 2.45) is 0 Å². The molecular formula is C18H19Cl2N3O2. The van der Waals surface area contributed by atoms with E-state index in [-0.39, 0.29) is 37.4 Å². The second kappa shape index (κ2) is 7.87. The predicted molar refractivity (Wildman–Crippen MR) is 103 cm³/mol. The lowest BCUT2D eigenvalue weighted by molar-refractivity contribution is -0.119. The highest BCUT2D eigenvalue weighted by Crippen LogP contribution is 2.31. The van der Waals surface area contributed by atoms with Gasteiger partial charge >= 0.3 is 0 Å². The van der Waals surface area contributed by atoms with Crippen LogP contribution in [-0.4, -0.2) is 44.0 Å². The third kappa shape index (κ3) is 3.95. The molecule has 2 amide bonds. The molecule has 0 unspecified atom stereocenters. The van der Waals surface area contributed by atoms with E-state index in [0.717, 1.165) is 0 Å². The molecule has 1 heterocycles. The monoisotopic (exact) mass is 379 g/mol. The molecule has 25 heavy (non-hydrogen) atoms. The molecule has 1 aliphatic heterocycles. The van der Waals surface area contributed by atoms with E-state index >= 15 is 0 Å². The average Bonchev–Trinajstić information content (AvgIpc) is 2.54. The minimum absolute atomic E-state index is 0. The summed E-state index contributed by atoms with van der Waals surface area (Å²) >= 11 is 6.05. The molecule has 0 radical (unpaired) electrons. The average molecular weight is 380 g/mol. The van der Waals surface area contributed by atoms with E-state index in [2.05, 4.69) is 0 Å². The quantitative estimate of drug-likeness (QED) is 0.821. The number of halogens is 2. The lowest BCUT2D eigenvalue weighted by atomic mass is 10.1. The number of para-hydroxylation sites is 1. The molecule has 0 saturated heterocycles. The molecule has 3 rings (SSSR count). The number of benzene rings is 2. The number of likely N-dealkylation sites (N-methyl/N-ethyl adjacent to an activating group) is 1. The van der Waals surface area contributed by atoms with Gasteiger partial charge in [-0.15, -0.1) is 12.4 Å². The Balaban J connectivity index is 0.00000225. The van der Waals surface area contributed by atoms with Gasteiger partial charge in [0.25, 0.3) is 5.91 Å². The molecule has 0 spiro atoms. The van der Waals surface area contributed by atoms with Crippen molar-refractivity contribution in [2.75, 3.05) is 37.1 Å². The van der Waals surface area contributed by atoms with E-state index in [9.17, 15) is 9.59 Å². The maximum absolute atomic E-state index is 12.9. The van der Waals surface area contributed by atoms with Crippen LogP contribution in [0, 0.1) is 0 Å². The van der Waals surface area contributed by atoms with Crippen LogP contribution in [0.5, 0.6) is 0 Å². The highest BCUT2D eigenvalue weighted by atomic mass is 35.5. The molecule has 2 aromatic carbocycles. The topological polar surface area (TPSA) is 43.9 Å². The molecule has 0 aromatic heterocycles. The second-order valence-electron chi connectivity index (χ2n) is 5.93. The van der Waals surface area contributed by atoms with Gasteiger partial charge in [-0.25, -0.2) is 0 Å². The fraction of sp³-hybridized carbons (Fsp3) is 0.222. The smallest absolute Gasteiger partial charge is 0.261 e. The van der Waals surface area contributed by atoms with Crippen molar-refractivity contribution in [1.82, 2.24) is 4.90 Å². The minimum Gasteiger partial charge on any atom is -0.301 e. The first kappa shape index (κ1) is 19.2. The van der Waals surface area contributed by atoms with E-state index in [0.29, 0.717) is 22.0 Å². The van der Waals surface area contributed by atoms with Gasteiger partial charge in [-0.3, -0.25) is 19.4 Å². The number of anilines is 2. The van der Waals surface area contributed by atoms with Crippen molar-refractivity contribution in [3.63, 3.8) is 0 Å². The fourth-order valence-corrected chi connectivity index (χ4v) is 2.91. The van der Waals surface area contributed by atoms with Gasteiger partial charge in [0.05, 0.1) is 17.8 Å². The maximum atomic E-state index is 12.9. The van der Waals surface area contributed by atoms with Crippen molar-refractivity contribution in [3.05, 3.63) is 59.1 Å². The first-order valence-electron chi connectivity index (χ1n) is 7.59. The van der Waals surface area contributed by atoms with Gasteiger partial charge in [0, 0.05) is 10.7 Å². The largest absolute Gasteiger partial charge is 0.301 e. The van der Waals surface area contributed by atoms with Gasteiger partial charge in [0.2, 0.25) is 5.91 Å². The molecule has 0 N–H and O–H groups in total. The summed E-state index contributed by atoms with van der Waals surface area (Å²) in [7, 11) is 3.68. The van der Waals surface area contributed by atoms with Gasteiger partial charge < -0.3 is 4.90 Å². The van der Waals surface area contributed by atoms with Crippen molar-refractivity contribution >= 4 is 47.2 Å². The molecule has 0 bridgehead atoms. The zero-order chi connectivity index (χ0) is 17.3. The van der Waals surface area contributed by atoms with Crippen LogP contribution in [0.3, 0.4) is 0 Å². The molecule has 0 atom stereocenters. The van der Waals surface area contributed by atoms with Crippen molar-refractivity contribution < 1.29 is 9.59 Å². The number of carbonyl (C=O) groups excluding carboxylic acids is 2. The van der Waals surface area contributed by atoms with Crippen LogP contribution >= 0.6 is 24.0 Å². The summed E-state index contributed by atoms with van der Waals surface area (Å²) in [5, 5.41) is 0.547. The molecule has 2 aromatic rings. The van der Waals surface area contributed by atoms with Crippen LogP contribution in [0.15, 0.2) is 48.5 Å². The highest BCUT2D eigenvalue weighted by Gasteiger charge is 2.33. The number of hydrogen-bond donors (Lipinski definition) is 0. The number of carbonyl (C=O) groups is 2. The highest BCUT2D eigenvalue weighted by molar-refractivity contribution is 6.31. The molecule has 5 nitrogen and oxygen atoms in total. The molecule has 7 heteroatoms. The summed E-state index contributed by atoms with van der Waals surface area (Å²) < 4.78 is 0. The van der Waals surface area contributed by atoms with E-state index in [1.165, 1.54) is 0 Å². The Labute approximate surface area is 158 Å². The third-order valence-corrected chi connectivity index (χ3v) is 4.06. The van der Waals surface area contributed by atoms with Crippen molar-refractivity contribution in [3.8, 4) is 0 Å². The Kier molecular flexibility index (Phi) is 6.06. The van der Waals surface area contributed by atoms with E-state index in [1.807, 2.05) is 31.1 Å². The first-order valence-corrected chi connectivity index (χ1v) is 7.97. The van der Waals surface area contributed by atoms with Crippen molar-refractivity contribution in [1.29, 1.82) is 0 Å². The Morgan fingerprint density at radius 1 is 1.16 bits per heavy atom. The summed E-state index contributed by atoms with van der Waals surface area (Å²) in [6.07, 6.45) is 0. The van der Waals surface area contributed by atoms with Gasteiger partial charge in [-0.2, -0.15) is 0 Å². The standard InChI is InChI=1S/C18H18ClN3O2.ClH/c1-20(2)11-17(23)22-12-21(14-7-5-6-13(19)10-14)18(24)15-8-3-4-9-16(15)22;/h3-10H,11-12H2,1-2H3;1H. The minimum atomic E-state index is -0.137. The fourth-order valence-electron chi connectivity index (χ4n) is 2.73. The van der Waals surface area contributed by atoms with E-state index < -0.39 is 0 Å². The zero-order valence-corrected chi connectivity index (χ0v) is 15.5. The number of rotatable bonds is 3. The Morgan fingerprint density at radius 3 is 2.56 bits per heavy atom.